The molecule has 2 aromatic heterocycles. The largest absolute Gasteiger partial charge is 1.00 e. The number of carbonyl (C=O) groups is 1. The number of hydrogen-bond donors (Lipinski definition) is 2. The molecule has 5 nitrogen and oxygen atoms in total. The first-order valence-electron chi connectivity index (χ1n) is 17.0. The van der Waals surface area contributed by atoms with Crippen LogP contribution in [0.5, 0.6) is 0 Å². The predicted octanol–water partition coefficient (Wildman–Crippen LogP) is 9.40. The molecule has 6 aromatic rings. The number of hydrogen-bond acceptors (Lipinski definition) is 9. The van der Waals surface area contributed by atoms with Crippen molar-refractivity contribution in [2.75, 3.05) is 7.11 Å². The number of rotatable bonds is 10. The van der Waals surface area contributed by atoms with Crippen LogP contribution in [0.2, 0.25) is 0 Å². The van der Waals surface area contributed by atoms with E-state index in [0.717, 1.165) is 85.3 Å². The molecule has 0 fully saturated rings. The van der Waals surface area contributed by atoms with Gasteiger partial charge in [-0.3, -0.25) is 4.79 Å². The standard InChI is InChI=1S/C20H17F4NOS2.C20H15F4NOS2.CH4O.B.Na.H/c2*1-11-7-15(5-3-14(11)9-26)27-10-18-12(2)25-19(28-18)13-4-6-16(17(21)8-13)20(22,23)24;1-2;;;/h3-8,26H,9-10H2,1-2H3;3-9H,10H2,1-2H3;2H,1H3;;;/q;;;;+1;-1. The van der Waals surface area contributed by atoms with Crippen molar-refractivity contribution in [1.82, 2.24) is 9.97 Å². The minimum atomic E-state index is -4.72. The van der Waals surface area contributed by atoms with Crippen LogP contribution in [-0.4, -0.2) is 42.0 Å². The number of aryl methyl sites for hydroxylation is 4. The Morgan fingerprint density at radius 3 is 1.43 bits per heavy atom. The number of aliphatic hydroxyl groups excluding tert-OH is 2. The van der Waals surface area contributed by atoms with Crippen LogP contribution in [0.4, 0.5) is 35.1 Å². The third-order valence-corrected chi connectivity index (χ3v) is 13.2. The van der Waals surface area contributed by atoms with Crippen molar-refractivity contribution in [3.63, 3.8) is 0 Å². The van der Waals surface area contributed by atoms with Gasteiger partial charge in [0.15, 0.2) is 0 Å². The first kappa shape index (κ1) is 53.1. The predicted molar refractivity (Wildman–Crippen MR) is 222 cm³/mol. The van der Waals surface area contributed by atoms with Gasteiger partial charge in [-0.25, -0.2) is 18.7 Å². The number of benzene rings is 4. The van der Waals surface area contributed by atoms with Gasteiger partial charge in [-0.2, -0.15) is 26.3 Å². The summed E-state index contributed by atoms with van der Waals surface area (Å²) in [4.78, 5) is 23.7. The fourth-order valence-corrected chi connectivity index (χ4v) is 9.63. The molecule has 2 N–H and O–H groups in total. The molecule has 2 heterocycles. The molecule has 0 spiro atoms. The first-order valence-corrected chi connectivity index (χ1v) is 20.6. The summed E-state index contributed by atoms with van der Waals surface area (Å²) in [6, 6.07) is 17.1. The number of aromatic nitrogens is 2. The topological polar surface area (TPSA) is 83.3 Å². The van der Waals surface area contributed by atoms with Crippen LogP contribution in [0.15, 0.2) is 82.6 Å². The molecule has 0 aliphatic rings. The van der Waals surface area contributed by atoms with Crippen molar-refractivity contribution in [1.29, 1.82) is 0 Å². The molecule has 0 aliphatic carbocycles. The minimum absolute atomic E-state index is 0. The van der Waals surface area contributed by atoms with Crippen molar-refractivity contribution in [3.05, 3.63) is 139 Å². The van der Waals surface area contributed by atoms with E-state index in [9.17, 15) is 45.0 Å². The molecular formula is C41H37BF8N2NaO3S4. The van der Waals surface area contributed by atoms with Crippen LogP contribution in [-0.2, 0) is 30.5 Å². The Labute approximate surface area is 384 Å². The third-order valence-electron chi connectivity index (χ3n) is 8.42. The Morgan fingerprint density at radius 2 is 1.08 bits per heavy atom. The summed E-state index contributed by atoms with van der Waals surface area (Å²) in [5, 5.41) is 17.2. The second kappa shape index (κ2) is 23.4. The fraction of sp³-hybridized carbons (Fsp3) is 0.244. The van der Waals surface area contributed by atoms with Gasteiger partial charge in [-0.15, -0.1) is 46.2 Å². The van der Waals surface area contributed by atoms with E-state index in [1.807, 2.05) is 58.0 Å². The van der Waals surface area contributed by atoms with Crippen LogP contribution in [0.3, 0.4) is 0 Å². The van der Waals surface area contributed by atoms with Gasteiger partial charge in [0.1, 0.15) is 27.9 Å². The van der Waals surface area contributed by atoms with Gasteiger partial charge in [-0.05, 0) is 92.9 Å². The van der Waals surface area contributed by atoms with Crippen molar-refractivity contribution in [3.8, 4) is 21.1 Å². The number of alkyl halides is 6. The molecule has 313 valence electrons. The van der Waals surface area contributed by atoms with Crippen molar-refractivity contribution < 1.29 is 81.1 Å². The number of aliphatic hydroxyl groups is 2. The van der Waals surface area contributed by atoms with Gasteiger partial charge in [0.05, 0.1) is 29.1 Å². The zero-order valence-corrected chi connectivity index (χ0v) is 38.3. The summed E-state index contributed by atoms with van der Waals surface area (Å²) in [5.41, 5.74) is 3.05. The SMILES string of the molecule is CO.Cc1cc(SCc2sc(-c3ccc(C(F)(F)F)c(F)c3)nc2C)ccc1C=O.Cc1cc(SCc2sc(-c3ccc(C(F)(F)F)c(F)c3)nc2C)ccc1CO.[B].[H-].[Na+]. The van der Waals surface area contributed by atoms with Gasteiger partial charge < -0.3 is 11.6 Å². The van der Waals surface area contributed by atoms with Crippen LogP contribution >= 0.6 is 46.2 Å². The van der Waals surface area contributed by atoms with E-state index in [-0.39, 0.29) is 46.0 Å². The van der Waals surface area contributed by atoms with E-state index in [1.54, 1.807) is 29.6 Å². The number of halogens is 8. The van der Waals surface area contributed by atoms with Gasteiger partial charge in [0, 0.05) is 63.3 Å². The average Bonchev–Trinajstić information content (AvgIpc) is 3.74. The van der Waals surface area contributed by atoms with Crippen LogP contribution < -0.4 is 29.6 Å². The van der Waals surface area contributed by atoms with Gasteiger partial charge in [0.25, 0.3) is 0 Å². The Balaban J connectivity index is 0.000000560. The molecule has 4 aromatic carbocycles. The van der Waals surface area contributed by atoms with E-state index >= 15 is 0 Å². The molecular weight excluding hydrogens is 883 g/mol. The number of nitrogens with zero attached hydrogens (tertiary/aromatic N) is 2. The molecule has 0 atom stereocenters. The quantitative estimate of drug-likeness (QED) is 0.0614. The molecule has 0 bridgehead atoms. The molecule has 0 amide bonds. The summed E-state index contributed by atoms with van der Waals surface area (Å²) in [7, 11) is 1.00. The summed E-state index contributed by atoms with van der Waals surface area (Å²) in [6.07, 6.45) is -8.62. The maximum Gasteiger partial charge on any atom is 1.00 e. The minimum Gasteiger partial charge on any atom is -1.00 e. The van der Waals surface area contributed by atoms with Crippen LogP contribution in [0, 0.1) is 39.3 Å². The Morgan fingerprint density at radius 1 is 0.667 bits per heavy atom. The summed E-state index contributed by atoms with van der Waals surface area (Å²) >= 11 is 5.85. The second-order valence-corrected chi connectivity index (χ2v) is 16.7. The van der Waals surface area contributed by atoms with Crippen molar-refractivity contribution in [2.24, 2.45) is 0 Å². The normalized spacial score (nSPS) is 11.1. The molecule has 19 heteroatoms. The summed E-state index contributed by atoms with van der Waals surface area (Å²) in [5.74, 6) is -1.34. The second-order valence-electron chi connectivity index (χ2n) is 12.4. The number of thiazole rings is 2. The Hall–Kier alpha value is -3.07. The number of thioether (sulfide) groups is 2. The van der Waals surface area contributed by atoms with E-state index in [2.05, 4.69) is 9.97 Å². The van der Waals surface area contributed by atoms with Crippen molar-refractivity contribution >= 4 is 60.9 Å². The van der Waals surface area contributed by atoms with Crippen LogP contribution in [0.25, 0.3) is 21.1 Å². The Bertz CT molecular complexity index is 2380. The van der Waals surface area contributed by atoms with E-state index < -0.39 is 35.1 Å². The molecule has 60 heavy (non-hydrogen) atoms. The summed E-state index contributed by atoms with van der Waals surface area (Å²) in [6.45, 7) is 7.44. The zero-order valence-electron chi connectivity index (χ0n) is 34.1. The third kappa shape index (κ3) is 14.0. The Kier molecular flexibility index (Phi) is 20.7. The zero-order chi connectivity index (χ0) is 42.9. The van der Waals surface area contributed by atoms with E-state index in [4.69, 9.17) is 5.11 Å². The van der Waals surface area contributed by atoms with Gasteiger partial charge in [0.2, 0.25) is 0 Å². The molecule has 0 aliphatic heterocycles. The van der Waals surface area contributed by atoms with Gasteiger partial charge in [-0.1, -0.05) is 24.3 Å². The molecule has 0 unspecified atom stereocenters. The molecule has 0 saturated heterocycles. The monoisotopic (exact) mass is 919 g/mol. The molecule has 3 radical (unpaired) electrons. The maximum absolute atomic E-state index is 13.8. The smallest absolute Gasteiger partial charge is 1.00 e. The van der Waals surface area contributed by atoms with E-state index in [0.29, 0.717) is 38.2 Å². The fourth-order valence-electron chi connectivity index (χ4n) is 5.23. The van der Waals surface area contributed by atoms with Crippen LogP contribution in [0.1, 0.15) is 60.7 Å². The first-order chi connectivity index (χ1) is 27.4. The number of carbonyl (C=O) groups excluding carboxylic acids is 1. The maximum atomic E-state index is 13.8. The molecule has 0 saturated carbocycles. The van der Waals surface area contributed by atoms with Gasteiger partial charge >= 0.3 is 41.9 Å². The van der Waals surface area contributed by atoms with E-state index in [1.165, 1.54) is 34.8 Å². The molecule has 6 rings (SSSR count). The van der Waals surface area contributed by atoms with Crippen molar-refractivity contribution in [2.45, 2.75) is 68.0 Å². The summed E-state index contributed by atoms with van der Waals surface area (Å²) < 4.78 is 104. The number of aldehydes is 1. The average molecular weight is 920 g/mol.